The number of carbonyl (C=O) groups is 2. The van der Waals surface area contributed by atoms with Gasteiger partial charge in [0.05, 0.1) is 26.9 Å². The number of nitrogens with two attached hydrogens (primary N) is 1. The number of ether oxygens (including phenoxy) is 2. The Morgan fingerprint density at radius 3 is 2.65 bits per heavy atom. The summed E-state index contributed by atoms with van der Waals surface area (Å²) in [7, 11) is 1.60. The number of benzene rings is 1. The first kappa shape index (κ1) is 21.3. The van der Waals surface area contributed by atoms with E-state index in [2.05, 4.69) is 9.88 Å². The van der Waals surface area contributed by atoms with Crippen LogP contribution in [0.4, 0.5) is 0 Å². The fourth-order valence-corrected chi connectivity index (χ4v) is 4.20. The first-order chi connectivity index (χ1) is 15.0. The molecule has 2 amide bonds. The largest absolute Gasteiger partial charge is 0.497 e. The number of primary amides is 1. The van der Waals surface area contributed by atoms with Crippen molar-refractivity contribution in [1.29, 1.82) is 0 Å². The number of hydrogen-bond donors (Lipinski definition) is 2. The van der Waals surface area contributed by atoms with E-state index in [1.165, 1.54) is 0 Å². The molecule has 0 saturated carbocycles. The van der Waals surface area contributed by atoms with Gasteiger partial charge in [-0.3, -0.25) is 14.5 Å². The molecule has 9 nitrogen and oxygen atoms in total. The number of rotatable bonds is 6. The molecule has 1 aromatic carbocycles. The van der Waals surface area contributed by atoms with Gasteiger partial charge < -0.3 is 25.1 Å². The Bertz CT molecular complexity index is 920. The van der Waals surface area contributed by atoms with Crippen molar-refractivity contribution < 1.29 is 19.1 Å². The molecule has 1 atom stereocenters. The summed E-state index contributed by atoms with van der Waals surface area (Å²) in [5, 5.41) is 0. The minimum absolute atomic E-state index is 0.0347. The van der Waals surface area contributed by atoms with Crippen molar-refractivity contribution in [3.63, 3.8) is 0 Å². The second kappa shape index (κ2) is 9.49. The van der Waals surface area contributed by atoms with Crippen LogP contribution < -0.4 is 10.5 Å². The Morgan fingerprint density at radius 1 is 1.23 bits per heavy atom. The fourth-order valence-electron chi connectivity index (χ4n) is 4.20. The third kappa shape index (κ3) is 4.88. The van der Waals surface area contributed by atoms with Gasteiger partial charge in [0.15, 0.2) is 0 Å². The summed E-state index contributed by atoms with van der Waals surface area (Å²) in [6, 6.07) is 7.34. The monoisotopic (exact) mass is 427 g/mol. The Hall–Kier alpha value is -2.91. The number of nitrogens with zero attached hydrogens (tertiary/aromatic N) is 3. The lowest BCUT2D eigenvalue weighted by molar-refractivity contribution is -0.134. The molecule has 2 aliphatic heterocycles. The first-order valence-corrected chi connectivity index (χ1v) is 10.7. The number of aromatic amines is 1. The average molecular weight is 428 g/mol. The van der Waals surface area contributed by atoms with Crippen molar-refractivity contribution in [2.24, 2.45) is 5.73 Å². The number of piperidine rings is 1. The van der Waals surface area contributed by atoms with Gasteiger partial charge >= 0.3 is 0 Å². The number of carbonyl (C=O) groups excluding carboxylic acids is 2. The van der Waals surface area contributed by atoms with Gasteiger partial charge in [-0.05, 0) is 37.1 Å². The molecule has 0 unspecified atom stereocenters. The maximum atomic E-state index is 12.8. The maximum absolute atomic E-state index is 12.8. The summed E-state index contributed by atoms with van der Waals surface area (Å²) in [5.41, 5.74) is 7.22. The minimum atomic E-state index is -0.555. The number of nitrogens with one attached hydrogen (secondary N) is 1. The molecule has 166 valence electrons. The fraction of sp³-hybridized carbons (Fsp3) is 0.500. The molecule has 0 spiro atoms. The normalized spacial score (nSPS) is 19.9. The van der Waals surface area contributed by atoms with Crippen LogP contribution in [0.1, 0.15) is 35.1 Å². The molecule has 31 heavy (non-hydrogen) atoms. The summed E-state index contributed by atoms with van der Waals surface area (Å²) in [4.78, 5) is 36.8. The van der Waals surface area contributed by atoms with E-state index in [9.17, 15) is 9.59 Å². The number of hydrogen-bond acceptors (Lipinski definition) is 6. The third-order valence-corrected chi connectivity index (χ3v) is 5.96. The second-order valence-corrected chi connectivity index (χ2v) is 8.01. The zero-order valence-corrected chi connectivity index (χ0v) is 17.8. The number of morpholine rings is 1. The van der Waals surface area contributed by atoms with Gasteiger partial charge in [0.25, 0.3) is 5.91 Å². The summed E-state index contributed by atoms with van der Waals surface area (Å²) >= 11 is 0. The molecule has 2 aliphatic rings. The van der Waals surface area contributed by atoms with Crippen LogP contribution in [0.5, 0.6) is 5.75 Å². The SMILES string of the molecule is COc1ccc(-c2nc([C@H]3CCCN(C(=O)CN4CCOCC4)C3)[nH]c2C(N)=O)cc1. The molecule has 0 bridgehead atoms. The smallest absolute Gasteiger partial charge is 0.267 e. The summed E-state index contributed by atoms with van der Waals surface area (Å²) in [6.07, 6.45) is 1.79. The number of likely N-dealkylation sites (tertiary alicyclic amines) is 1. The Labute approximate surface area is 181 Å². The lowest BCUT2D eigenvalue weighted by atomic mass is 9.97. The van der Waals surface area contributed by atoms with Crippen LogP contribution in [0.15, 0.2) is 24.3 Å². The van der Waals surface area contributed by atoms with E-state index in [-0.39, 0.29) is 17.5 Å². The molecule has 2 aromatic rings. The lowest BCUT2D eigenvalue weighted by Gasteiger charge is -2.34. The van der Waals surface area contributed by atoms with Gasteiger partial charge in [-0.1, -0.05) is 0 Å². The van der Waals surface area contributed by atoms with E-state index in [1.807, 2.05) is 29.2 Å². The molecular weight excluding hydrogens is 398 g/mol. The molecular formula is C22H29N5O4. The maximum Gasteiger partial charge on any atom is 0.267 e. The van der Waals surface area contributed by atoms with E-state index < -0.39 is 5.91 Å². The van der Waals surface area contributed by atoms with Gasteiger partial charge in [0.1, 0.15) is 23.0 Å². The molecule has 2 saturated heterocycles. The van der Waals surface area contributed by atoms with E-state index in [4.69, 9.17) is 20.2 Å². The molecule has 3 heterocycles. The highest BCUT2D eigenvalue weighted by Gasteiger charge is 2.29. The Balaban J connectivity index is 1.50. The lowest BCUT2D eigenvalue weighted by Crippen LogP contribution is -2.47. The van der Waals surface area contributed by atoms with E-state index in [0.717, 1.165) is 43.8 Å². The highest BCUT2D eigenvalue weighted by atomic mass is 16.5. The van der Waals surface area contributed by atoms with Gasteiger partial charge in [0, 0.05) is 37.7 Å². The Morgan fingerprint density at radius 2 is 1.97 bits per heavy atom. The van der Waals surface area contributed by atoms with E-state index in [0.29, 0.717) is 37.8 Å². The molecule has 4 rings (SSSR count). The zero-order valence-electron chi connectivity index (χ0n) is 17.8. The van der Waals surface area contributed by atoms with Gasteiger partial charge in [-0.15, -0.1) is 0 Å². The highest BCUT2D eigenvalue weighted by molar-refractivity contribution is 5.97. The molecule has 9 heteroatoms. The molecule has 0 radical (unpaired) electrons. The summed E-state index contributed by atoms with van der Waals surface area (Å²) in [6.45, 7) is 4.66. The minimum Gasteiger partial charge on any atom is -0.497 e. The van der Waals surface area contributed by atoms with Crippen LogP contribution in [0, 0.1) is 0 Å². The van der Waals surface area contributed by atoms with E-state index in [1.54, 1.807) is 7.11 Å². The predicted octanol–water partition coefficient (Wildman–Crippen LogP) is 1.22. The molecule has 2 fully saturated rings. The number of methoxy groups -OCH3 is 1. The number of amides is 2. The molecule has 3 N–H and O–H groups in total. The van der Waals surface area contributed by atoms with Crippen molar-refractivity contribution in [3.8, 4) is 17.0 Å². The zero-order chi connectivity index (χ0) is 21.8. The standard InChI is InChI=1S/C22H29N5O4/c1-30-17-6-4-15(5-7-17)19-20(21(23)29)25-22(24-19)16-3-2-8-27(13-16)18(28)14-26-9-11-31-12-10-26/h4-7,16H,2-3,8-14H2,1H3,(H2,23,29)(H,24,25)/t16-/m0/s1. The highest BCUT2D eigenvalue weighted by Crippen LogP contribution is 2.30. The van der Waals surface area contributed by atoms with Crippen molar-refractivity contribution in [3.05, 3.63) is 35.8 Å². The van der Waals surface area contributed by atoms with Crippen LogP contribution in [0.3, 0.4) is 0 Å². The predicted molar refractivity (Wildman–Crippen MR) is 115 cm³/mol. The average Bonchev–Trinajstić information content (AvgIpc) is 3.26. The van der Waals surface area contributed by atoms with Gasteiger partial charge in [-0.25, -0.2) is 4.98 Å². The quantitative estimate of drug-likeness (QED) is 0.717. The van der Waals surface area contributed by atoms with Crippen LogP contribution >= 0.6 is 0 Å². The van der Waals surface area contributed by atoms with E-state index >= 15 is 0 Å². The van der Waals surface area contributed by atoms with Crippen molar-refractivity contribution in [2.45, 2.75) is 18.8 Å². The first-order valence-electron chi connectivity index (χ1n) is 10.7. The Kier molecular flexibility index (Phi) is 6.53. The van der Waals surface area contributed by atoms with Crippen molar-refractivity contribution in [2.75, 3.05) is 53.0 Å². The van der Waals surface area contributed by atoms with Gasteiger partial charge in [0.2, 0.25) is 5.91 Å². The van der Waals surface area contributed by atoms with Crippen LogP contribution in [0.2, 0.25) is 0 Å². The molecule has 1 aromatic heterocycles. The second-order valence-electron chi connectivity index (χ2n) is 8.01. The van der Waals surface area contributed by atoms with Crippen LogP contribution in [-0.2, 0) is 9.53 Å². The van der Waals surface area contributed by atoms with Gasteiger partial charge in [-0.2, -0.15) is 0 Å². The third-order valence-electron chi connectivity index (χ3n) is 5.96. The van der Waals surface area contributed by atoms with Crippen LogP contribution in [0.25, 0.3) is 11.3 Å². The van der Waals surface area contributed by atoms with Crippen molar-refractivity contribution in [1.82, 2.24) is 19.8 Å². The summed E-state index contributed by atoms with van der Waals surface area (Å²) < 4.78 is 10.6. The van der Waals surface area contributed by atoms with Crippen molar-refractivity contribution >= 4 is 11.8 Å². The summed E-state index contributed by atoms with van der Waals surface area (Å²) in [5.74, 6) is 1.03. The van der Waals surface area contributed by atoms with Crippen LogP contribution in [-0.4, -0.2) is 84.6 Å². The number of imidazole rings is 1. The number of aromatic nitrogens is 2. The molecule has 0 aliphatic carbocycles. The number of H-pyrrole nitrogens is 1. The topological polar surface area (TPSA) is 114 Å².